The minimum absolute atomic E-state index is 0.0184. The van der Waals surface area contributed by atoms with Crippen molar-refractivity contribution >= 4 is 17.5 Å². The van der Waals surface area contributed by atoms with Gasteiger partial charge in [0.15, 0.2) is 0 Å². The molecule has 1 rings (SSSR count). The highest BCUT2D eigenvalue weighted by atomic mass is 16.2. The monoisotopic (exact) mass is 251 g/mol. The van der Waals surface area contributed by atoms with Crippen molar-refractivity contribution in [2.75, 3.05) is 24.6 Å². The maximum Gasteiger partial charge on any atom is 0.227 e. The molecule has 0 spiro atoms. The summed E-state index contributed by atoms with van der Waals surface area (Å²) < 4.78 is 0. The number of nitrogens with zero attached hydrogens (tertiary/aromatic N) is 2. The molecule has 0 saturated heterocycles. The molecule has 0 radical (unpaired) electrons. The second kappa shape index (κ2) is 5.66. The van der Waals surface area contributed by atoms with E-state index in [1.807, 2.05) is 20.8 Å². The molecular weight excluding hydrogens is 230 g/mol. The average molecular weight is 251 g/mol. The van der Waals surface area contributed by atoms with Crippen LogP contribution in [0.5, 0.6) is 0 Å². The first kappa shape index (κ1) is 14.2. The Morgan fingerprint density at radius 3 is 2.67 bits per heavy atom. The third-order valence-corrected chi connectivity index (χ3v) is 2.87. The molecule has 1 amide bonds. The van der Waals surface area contributed by atoms with Gasteiger partial charge in [-0.25, -0.2) is 9.97 Å². The Hall–Kier alpha value is -1.85. The molecule has 0 fully saturated rings. The Labute approximate surface area is 107 Å². The summed E-state index contributed by atoms with van der Waals surface area (Å²) >= 11 is 0. The van der Waals surface area contributed by atoms with Gasteiger partial charge in [-0.3, -0.25) is 4.79 Å². The van der Waals surface area contributed by atoms with Gasteiger partial charge in [0.05, 0.1) is 5.41 Å². The van der Waals surface area contributed by atoms with Gasteiger partial charge in [-0.2, -0.15) is 0 Å². The maximum absolute atomic E-state index is 11.7. The number of carbonyl (C=O) groups is 1. The van der Waals surface area contributed by atoms with Crippen molar-refractivity contribution in [1.82, 2.24) is 15.3 Å². The van der Waals surface area contributed by atoms with Crippen molar-refractivity contribution < 1.29 is 4.79 Å². The lowest BCUT2D eigenvalue weighted by Gasteiger charge is -2.23. The molecule has 0 aliphatic heterocycles. The summed E-state index contributed by atoms with van der Waals surface area (Å²) in [5.74, 6) is 1.16. The fourth-order valence-corrected chi connectivity index (χ4v) is 1.65. The number of aromatic nitrogens is 2. The molecule has 1 aromatic heterocycles. The second-order valence-electron chi connectivity index (χ2n) is 4.76. The largest absolute Gasteiger partial charge is 0.383 e. The maximum atomic E-state index is 11.7. The zero-order valence-corrected chi connectivity index (χ0v) is 11.4. The lowest BCUT2D eigenvalue weighted by atomic mass is 9.92. The lowest BCUT2D eigenvalue weighted by Crippen LogP contribution is -2.39. The summed E-state index contributed by atoms with van der Waals surface area (Å²) in [6.07, 6.45) is 2.17. The Bertz CT molecular complexity index is 430. The molecule has 0 unspecified atom stereocenters. The van der Waals surface area contributed by atoms with Gasteiger partial charge < -0.3 is 16.4 Å². The van der Waals surface area contributed by atoms with Crippen LogP contribution < -0.4 is 16.4 Å². The number of nitrogens with two attached hydrogens (primary N) is 1. The Balaban J connectivity index is 2.81. The highest BCUT2D eigenvalue weighted by molar-refractivity contribution is 5.82. The Kier molecular flexibility index (Phi) is 4.47. The van der Waals surface area contributed by atoms with Gasteiger partial charge in [-0.15, -0.1) is 0 Å². The third kappa shape index (κ3) is 3.09. The average Bonchev–Trinajstić information content (AvgIpc) is 2.35. The van der Waals surface area contributed by atoms with Crippen molar-refractivity contribution in [3.63, 3.8) is 0 Å². The molecule has 0 saturated carbocycles. The van der Waals surface area contributed by atoms with Gasteiger partial charge in [0.1, 0.15) is 18.0 Å². The number of amides is 1. The summed E-state index contributed by atoms with van der Waals surface area (Å²) in [4.78, 5) is 19.8. The van der Waals surface area contributed by atoms with Crippen LogP contribution in [0.15, 0.2) is 6.33 Å². The molecular formula is C12H21N5O. The Morgan fingerprint density at radius 2 is 2.11 bits per heavy atom. The van der Waals surface area contributed by atoms with Crippen LogP contribution in [0, 0.1) is 5.41 Å². The topological polar surface area (TPSA) is 92.9 Å². The molecule has 100 valence electrons. The normalized spacial score (nSPS) is 11.1. The molecule has 0 aromatic carbocycles. The van der Waals surface area contributed by atoms with E-state index in [1.165, 1.54) is 6.33 Å². The molecule has 6 nitrogen and oxygen atoms in total. The molecule has 0 aliphatic rings. The molecule has 6 heteroatoms. The quantitative estimate of drug-likeness (QED) is 0.720. The molecule has 0 aliphatic carbocycles. The smallest absolute Gasteiger partial charge is 0.227 e. The fraction of sp³-hybridized carbons (Fsp3) is 0.583. The molecule has 1 aromatic rings. The van der Waals surface area contributed by atoms with Crippen molar-refractivity contribution in [2.24, 2.45) is 5.41 Å². The third-order valence-electron chi connectivity index (χ3n) is 2.87. The van der Waals surface area contributed by atoms with Crippen LogP contribution in [-0.4, -0.2) is 29.5 Å². The highest BCUT2D eigenvalue weighted by Crippen LogP contribution is 2.21. The van der Waals surface area contributed by atoms with E-state index in [0.29, 0.717) is 18.2 Å². The van der Waals surface area contributed by atoms with Gasteiger partial charge in [-0.1, -0.05) is 6.92 Å². The van der Waals surface area contributed by atoms with E-state index in [0.717, 1.165) is 12.0 Å². The highest BCUT2D eigenvalue weighted by Gasteiger charge is 2.26. The van der Waals surface area contributed by atoms with Crippen LogP contribution in [-0.2, 0) is 11.2 Å². The van der Waals surface area contributed by atoms with Crippen LogP contribution in [0.3, 0.4) is 0 Å². The van der Waals surface area contributed by atoms with Crippen LogP contribution in [0.25, 0.3) is 0 Å². The van der Waals surface area contributed by atoms with Crippen LogP contribution in [0.1, 0.15) is 26.3 Å². The van der Waals surface area contributed by atoms with Crippen molar-refractivity contribution in [1.29, 1.82) is 0 Å². The van der Waals surface area contributed by atoms with E-state index in [4.69, 9.17) is 5.73 Å². The predicted molar refractivity (Wildman–Crippen MR) is 72.2 cm³/mol. The van der Waals surface area contributed by atoms with Gasteiger partial charge in [-0.05, 0) is 20.3 Å². The minimum atomic E-state index is -0.514. The number of hydrogen-bond acceptors (Lipinski definition) is 5. The van der Waals surface area contributed by atoms with Crippen LogP contribution >= 0.6 is 0 Å². The van der Waals surface area contributed by atoms with Crippen LogP contribution in [0.4, 0.5) is 11.6 Å². The van der Waals surface area contributed by atoms with E-state index in [1.54, 1.807) is 7.05 Å². The SMILES string of the molecule is CCc1c(N)ncnc1NCC(C)(C)C(=O)NC. The van der Waals surface area contributed by atoms with E-state index in [-0.39, 0.29) is 5.91 Å². The second-order valence-corrected chi connectivity index (χ2v) is 4.76. The van der Waals surface area contributed by atoms with Gasteiger partial charge in [0.25, 0.3) is 0 Å². The standard InChI is InChI=1S/C12H21N5O/c1-5-8-9(13)16-7-17-10(8)15-6-12(2,3)11(18)14-4/h7H,5-6H2,1-4H3,(H,14,18)(H3,13,15,16,17). The molecule has 0 atom stereocenters. The first-order chi connectivity index (χ1) is 8.42. The zero-order valence-electron chi connectivity index (χ0n) is 11.4. The zero-order chi connectivity index (χ0) is 13.8. The van der Waals surface area contributed by atoms with Gasteiger partial charge in [0.2, 0.25) is 5.91 Å². The number of nitrogen functional groups attached to an aromatic ring is 1. The minimum Gasteiger partial charge on any atom is -0.383 e. The predicted octanol–water partition coefficient (Wildman–Crippen LogP) is 0.805. The number of hydrogen-bond donors (Lipinski definition) is 3. The molecule has 0 bridgehead atoms. The van der Waals surface area contributed by atoms with Crippen molar-refractivity contribution in [3.05, 3.63) is 11.9 Å². The summed E-state index contributed by atoms with van der Waals surface area (Å²) in [6, 6.07) is 0. The molecule has 18 heavy (non-hydrogen) atoms. The summed E-state index contributed by atoms with van der Waals surface area (Å²) in [5.41, 5.74) is 6.15. The van der Waals surface area contributed by atoms with E-state index < -0.39 is 5.41 Å². The van der Waals surface area contributed by atoms with Crippen molar-refractivity contribution in [2.45, 2.75) is 27.2 Å². The molecule has 1 heterocycles. The molecule has 4 N–H and O–H groups in total. The first-order valence-corrected chi connectivity index (χ1v) is 5.97. The van der Waals surface area contributed by atoms with Gasteiger partial charge in [0, 0.05) is 19.2 Å². The van der Waals surface area contributed by atoms with E-state index in [2.05, 4.69) is 20.6 Å². The van der Waals surface area contributed by atoms with E-state index in [9.17, 15) is 4.79 Å². The first-order valence-electron chi connectivity index (χ1n) is 5.97. The van der Waals surface area contributed by atoms with E-state index >= 15 is 0 Å². The number of carbonyl (C=O) groups excluding carboxylic acids is 1. The Morgan fingerprint density at radius 1 is 1.44 bits per heavy atom. The number of nitrogens with one attached hydrogen (secondary N) is 2. The lowest BCUT2D eigenvalue weighted by molar-refractivity contribution is -0.128. The number of rotatable bonds is 5. The van der Waals surface area contributed by atoms with Gasteiger partial charge >= 0.3 is 0 Å². The summed E-state index contributed by atoms with van der Waals surface area (Å²) in [7, 11) is 1.63. The summed E-state index contributed by atoms with van der Waals surface area (Å²) in [5, 5.41) is 5.81. The van der Waals surface area contributed by atoms with Crippen molar-refractivity contribution in [3.8, 4) is 0 Å². The summed E-state index contributed by atoms with van der Waals surface area (Å²) in [6.45, 7) is 6.21. The number of anilines is 2. The fourth-order valence-electron chi connectivity index (χ4n) is 1.65. The van der Waals surface area contributed by atoms with Crippen LogP contribution in [0.2, 0.25) is 0 Å².